The summed E-state index contributed by atoms with van der Waals surface area (Å²) >= 11 is 0. The SMILES string of the molecule is CCc1ccc(S(=O)(=O)Nc2cnccc2C)cc1N. The molecule has 1 heterocycles. The van der Waals surface area contributed by atoms with E-state index < -0.39 is 10.0 Å². The van der Waals surface area contributed by atoms with Crippen LogP contribution in [0.25, 0.3) is 0 Å². The lowest BCUT2D eigenvalue weighted by molar-refractivity contribution is 0.601. The molecule has 0 fully saturated rings. The topological polar surface area (TPSA) is 85.1 Å². The van der Waals surface area contributed by atoms with E-state index >= 15 is 0 Å². The molecule has 2 aromatic rings. The van der Waals surface area contributed by atoms with Crippen LogP contribution in [0.4, 0.5) is 11.4 Å². The van der Waals surface area contributed by atoms with E-state index in [1.54, 1.807) is 24.4 Å². The molecule has 1 aromatic heterocycles. The molecule has 0 saturated carbocycles. The van der Waals surface area contributed by atoms with Crippen LogP contribution in [-0.4, -0.2) is 13.4 Å². The highest BCUT2D eigenvalue weighted by molar-refractivity contribution is 7.92. The fourth-order valence-corrected chi connectivity index (χ4v) is 2.99. The summed E-state index contributed by atoms with van der Waals surface area (Å²) in [6, 6.07) is 6.52. The first-order valence-corrected chi connectivity index (χ1v) is 7.74. The molecule has 0 aliphatic carbocycles. The van der Waals surface area contributed by atoms with Gasteiger partial charge in [0.05, 0.1) is 16.8 Å². The Kier molecular flexibility index (Phi) is 3.94. The predicted molar refractivity (Wildman–Crippen MR) is 80.0 cm³/mol. The second-order valence-corrected chi connectivity index (χ2v) is 6.19. The largest absolute Gasteiger partial charge is 0.398 e. The van der Waals surface area contributed by atoms with Crippen molar-refractivity contribution in [2.75, 3.05) is 10.5 Å². The standard InChI is InChI=1S/C14H17N3O2S/c1-3-11-4-5-12(8-13(11)15)20(18,19)17-14-9-16-7-6-10(14)2/h4-9,17H,3,15H2,1-2H3. The maximum atomic E-state index is 12.3. The zero-order valence-electron chi connectivity index (χ0n) is 11.4. The summed E-state index contributed by atoms with van der Waals surface area (Å²) in [5, 5.41) is 0. The van der Waals surface area contributed by atoms with Crippen molar-refractivity contribution in [1.82, 2.24) is 4.98 Å². The number of pyridine rings is 1. The smallest absolute Gasteiger partial charge is 0.262 e. The summed E-state index contributed by atoms with van der Waals surface area (Å²) < 4.78 is 27.1. The molecular formula is C14H17N3O2S. The minimum atomic E-state index is -3.65. The Morgan fingerprint density at radius 1 is 1.30 bits per heavy atom. The van der Waals surface area contributed by atoms with Crippen LogP contribution in [0.15, 0.2) is 41.6 Å². The Hall–Kier alpha value is -2.08. The Balaban J connectivity index is 2.36. The fraction of sp³-hybridized carbons (Fsp3) is 0.214. The maximum absolute atomic E-state index is 12.3. The average molecular weight is 291 g/mol. The van der Waals surface area contributed by atoms with Gasteiger partial charge in [-0.2, -0.15) is 0 Å². The average Bonchev–Trinajstić information content (AvgIpc) is 2.41. The number of nitrogen functional groups attached to an aromatic ring is 1. The van der Waals surface area contributed by atoms with Crippen LogP contribution in [0.5, 0.6) is 0 Å². The molecule has 0 bridgehead atoms. The molecule has 2 rings (SSSR count). The van der Waals surface area contributed by atoms with Crippen molar-refractivity contribution in [3.05, 3.63) is 47.8 Å². The van der Waals surface area contributed by atoms with Crippen LogP contribution in [0.2, 0.25) is 0 Å². The quantitative estimate of drug-likeness (QED) is 0.847. The molecule has 20 heavy (non-hydrogen) atoms. The third kappa shape index (κ3) is 2.91. The molecule has 0 saturated heterocycles. The number of rotatable bonds is 4. The van der Waals surface area contributed by atoms with Gasteiger partial charge in [0, 0.05) is 11.9 Å². The van der Waals surface area contributed by atoms with Gasteiger partial charge in [-0.1, -0.05) is 13.0 Å². The van der Waals surface area contributed by atoms with E-state index in [0.29, 0.717) is 11.4 Å². The zero-order chi connectivity index (χ0) is 14.8. The summed E-state index contributed by atoms with van der Waals surface area (Å²) in [5.41, 5.74) is 8.53. The second-order valence-electron chi connectivity index (χ2n) is 4.51. The van der Waals surface area contributed by atoms with Crippen molar-refractivity contribution in [2.45, 2.75) is 25.2 Å². The Morgan fingerprint density at radius 3 is 2.65 bits per heavy atom. The number of nitrogens with zero attached hydrogens (tertiary/aromatic N) is 1. The number of anilines is 2. The van der Waals surface area contributed by atoms with Crippen LogP contribution in [-0.2, 0) is 16.4 Å². The molecule has 6 heteroatoms. The summed E-state index contributed by atoms with van der Waals surface area (Å²) in [5.74, 6) is 0. The van der Waals surface area contributed by atoms with Crippen molar-refractivity contribution in [3.63, 3.8) is 0 Å². The molecule has 5 nitrogen and oxygen atoms in total. The summed E-state index contributed by atoms with van der Waals surface area (Å²) in [4.78, 5) is 4.07. The molecule has 1 aromatic carbocycles. The minimum Gasteiger partial charge on any atom is -0.398 e. The van der Waals surface area contributed by atoms with Crippen LogP contribution in [0.1, 0.15) is 18.1 Å². The van der Waals surface area contributed by atoms with E-state index in [9.17, 15) is 8.42 Å². The fourth-order valence-electron chi connectivity index (χ4n) is 1.84. The molecule has 0 atom stereocenters. The van der Waals surface area contributed by atoms with Gasteiger partial charge in [-0.05, 0) is 42.7 Å². The monoisotopic (exact) mass is 291 g/mol. The molecule has 0 unspecified atom stereocenters. The van der Waals surface area contributed by atoms with Crippen LogP contribution >= 0.6 is 0 Å². The lowest BCUT2D eigenvalue weighted by Crippen LogP contribution is -2.14. The van der Waals surface area contributed by atoms with E-state index in [-0.39, 0.29) is 4.90 Å². The molecule has 106 valence electrons. The van der Waals surface area contributed by atoms with Gasteiger partial charge in [-0.3, -0.25) is 9.71 Å². The van der Waals surface area contributed by atoms with E-state index in [1.165, 1.54) is 12.3 Å². The normalized spacial score (nSPS) is 11.3. The molecule has 0 radical (unpaired) electrons. The lowest BCUT2D eigenvalue weighted by Gasteiger charge is -2.11. The molecular weight excluding hydrogens is 274 g/mol. The third-order valence-electron chi connectivity index (χ3n) is 3.09. The van der Waals surface area contributed by atoms with Crippen molar-refractivity contribution in [2.24, 2.45) is 0 Å². The summed E-state index contributed by atoms with van der Waals surface area (Å²) in [6.07, 6.45) is 3.86. The number of hydrogen-bond acceptors (Lipinski definition) is 4. The highest BCUT2D eigenvalue weighted by Crippen LogP contribution is 2.22. The van der Waals surface area contributed by atoms with Crippen molar-refractivity contribution >= 4 is 21.4 Å². The van der Waals surface area contributed by atoms with Gasteiger partial charge < -0.3 is 5.73 Å². The number of nitrogens with one attached hydrogen (secondary N) is 1. The highest BCUT2D eigenvalue weighted by atomic mass is 32.2. The zero-order valence-corrected chi connectivity index (χ0v) is 12.2. The van der Waals surface area contributed by atoms with E-state index in [4.69, 9.17) is 5.73 Å². The highest BCUT2D eigenvalue weighted by Gasteiger charge is 2.16. The number of aryl methyl sites for hydroxylation is 2. The molecule has 0 amide bonds. The van der Waals surface area contributed by atoms with Gasteiger partial charge >= 0.3 is 0 Å². The van der Waals surface area contributed by atoms with Gasteiger partial charge in [0.1, 0.15) is 0 Å². The second kappa shape index (κ2) is 5.50. The van der Waals surface area contributed by atoms with E-state index in [0.717, 1.165) is 17.5 Å². The van der Waals surface area contributed by atoms with E-state index in [2.05, 4.69) is 9.71 Å². The summed E-state index contributed by atoms with van der Waals surface area (Å²) in [7, 11) is -3.65. The number of hydrogen-bond donors (Lipinski definition) is 2. The first kappa shape index (κ1) is 14.3. The van der Waals surface area contributed by atoms with Crippen molar-refractivity contribution in [3.8, 4) is 0 Å². The first-order chi connectivity index (χ1) is 9.44. The lowest BCUT2D eigenvalue weighted by atomic mass is 10.1. The Bertz CT molecular complexity index is 727. The van der Waals surface area contributed by atoms with Gasteiger partial charge in [-0.25, -0.2) is 8.42 Å². The number of benzene rings is 1. The van der Waals surface area contributed by atoms with Gasteiger partial charge in [-0.15, -0.1) is 0 Å². The molecule has 0 spiro atoms. The molecule has 3 N–H and O–H groups in total. The maximum Gasteiger partial charge on any atom is 0.262 e. The van der Waals surface area contributed by atoms with Crippen LogP contribution < -0.4 is 10.5 Å². The van der Waals surface area contributed by atoms with Crippen molar-refractivity contribution in [1.29, 1.82) is 0 Å². The number of nitrogens with two attached hydrogens (primary N) is 1. The Morgan fingerprint density at radius 2 is 2.05 bits per heavy atom. The van der Waals surface area contributed by atoms with Gasteiger partial charge in [0.2, 0.25) is 0 Å². The molecule has 0 aliphatic rings. The third-order valence-corrected chi connectivity index (χ3v) is 4.46. The Labute approximate surface area is 118 Å². The molecule has 0 aliphatic heterocycles. The van der Waals surface area contributed by atoms with Crippen molar-refractivity contribution < 1.29 is 8.42 Å². The van der Waals surface area contributed by atoms with Crippen LogP contribution in [0, 0.1) is 6.92 Å². The number of aromatic nitrogens is 1. The predicted octanol–water partition coefficient (Wildman–Crippen LogP) is 2.34. The summed E-state index contributed by atoms with van der Waals surface area (Å²) in [6.45, 7) is 3.78. The van der Waals surface area contributed by atoms with E-state index in [1.807, 2.05) is 13.8 Å². The van der Waals surface area contributed by atoms with Gasteiger partial charge in [0.15, 0.2) is 0 Å². The first-order valence-electron chi connectivity index (χ1n) is 6.26. The van der Waals surface area contributed by atoms with Crippen LogP contribution in [0.3, 0.4) is 0 Å². The number of sulfonamides is 1. The minimum absolute atomic E-state index is 0.149. The van der Waals surface area contributed by atoms with Gasteiger partial charge in [0.25, 0.3) is 10.0 Å².